The van der Waals surface area contributed by atoms with Crippen LogP contribution in [0.2, 0.25) is 0 Å². The van der Waals surface area contributed by atoms with Crippen LogP contribution in [0.4, 0.5) is 5.69 Å². The average molecular weight is 286 g/mol. The summed E-state index contributed by atoms with van der Waals surface area (Å²) in [6.45, 7) is 0. The van der Waals surface area contributed by atoms with Crippen molar-refractivity contribution in [3.05, 3.63) is 22.7 Å². The summed E-state index contributed by atoms with van der Waals surface area (Å²) >= 11 is 3.46. The average Bonchev–Trinajstić information content (AvgIpc) is 2.22. The summed E-state index contributed by atoms with van der Waals surface area (Å²) in [7, 11) is 3.44. The normalized spacial score (nSPS) is 23.7. The van der Waals surface area contributed by atoms with E-state index in [0.29, 0.717) is 12.1 Å². The van der Waals surface area contributed by atoms with Crippen LogP contribution in [0.1, 0.15) is 12.8 Å². The van der Waals surface area contributed by atoms with Crippen LogP contribution in [-0.2, 0) is 4.74 Å². The quantitative estimate of drug-likeness (QED) is 0.922. The lowest BCUT2D eigenvalue weighted by Gasteiger charge is -2.35. The second-order valence-electron chi connectivity index (χ2n) is 4.05. The van der Waals surface area contributed by atoms with Crippen LogP contribution in [0.25, 0.3) is 0 Å². The van der Waals surface area contributed by atoms with Gasteiger partial charge in [0.05, 0.1) is 13.2 Å². The Hall–Kier alpha value is -0.740. The van der Waals surface area contributed by atoms with Crippen molar-refractivity contribution in [1.82, 2.24) is 0 Å². The van der Waals surface area contributed by atoms with E-state index in [0.717, 1.165) is 28.8 Å². The van der Waals surface area contributed by atoms with E-state index in [1.807, 2.05) is 12.1 Å². The maximum Gasteiger partial charge on any atom is 0.122 e. The van der Waals surface area contributed by atoms with Crippen molar-refractivity contribution < 1.29 is 9.47 Å². The monoisotopic (exact) mass is 285 g/mol. The van der Waals surface area contributed by atoms with Crippen LogP contribution in [0.15, 0.2) is 22.7 Å². The minimum atomic E-state index is 0.423. The molecule has 1 aromatic rings. The van der Waals surface area contributed by atoms with Crippen LogP contribution < -0.4 is 10.1 Å². The van der Waals surface area contributed by atoms with E-state index >= 15 is 0 Å². The van der Waals surface area contributed by atoms with Gasteiger partial charge >= 0.3 is 0 Å². The van der Waals surface area contributed by atoms with E-state index in [4.69, 9.17) is 9.47 Å². The van der Waals surface area contributed by atoms with Gasteiger partial charge in [0.25, 0.3) is 0 Å². The Kier molecular flexibility index (Phi) is 3.71. The van der Waals surface area contributed by atoms with Crippen molar-refractivity contribution in [3.8, 4) is 5.75 Å². The number of rotatable bonds is 4. The lowest BCUT2D eigenvalue weighted by Crippen LogP contribution is -2.40. The third-order valence-corrected chi connectivity index (χ3v) is 3.36. The van der Waals surface area contributed by atoms with Crippen molar-refractivity contribution in [3.63, 3.8) is 0 Å². The molecule has 0 amide bonds. The molecule has 0 spiro atoms. The summed E-state index contributed by atoms with van der Waals surface area (Å²) in [6, 6.07) is 6.53. The smallest absolute Gasteiger partial charge is 0.122 e. The second kappa shape index (κ2) is 5.06. The molecule has 1 aromatic carbocycles. The minimum absolute atomic E-state index is 0.423. The number of hydrogen-bond donors (Lipinski definition) is 1. The maximum absolute atomic E-state index is 5.25. The zero-order valence-electron chi connectivity index (χ0n) is 9.50. The molecule has 88 valence electrons. The summed E-state index contributed by atoms with van der Waals surface area (Å²) in [4.78, 5) is 0. The number of ether oxygens (including phenoxy) is 2. The van der Waals surface area contributed by atoms with Crippen molar-refractivity contribution in [1.29, 1.82) is 0 Å². The van der Waals surface area contributed by atoms with Gasteiger partial charge in [-0.2, -0.15) is 0 Å². The van der Waals surface area contributed by atoms with E-state index in [2.05, 4.69) is 27.3 Å². The number of nitrogens with one attached hydrogen (secondary N) is 1. The molecule has 0 heterocycles. The third kappa shape index (κ3) is 2.68. The Morgan fingerprint density at radius 1 is 1.25 bits per heavy atom. The van der Waals surface area contributed by atoms with E-state index in [1.165, 1.54) is 0 Å². The summed E-state index contributed by atoms with van der Waals surface area (Å²) in [6.07, 6.45) is 2.57. The number of hydrogen-bond acceptors (Lipinski definition) is 3. The van der Waals surface area contributed by atoms with Gasteiger partial charge in [0, 0.05) is 29.4 Å². The number of methoxy groups -OCH3 is 2. The van der Waals surface area contributed by atoms with Crippen LogP contribution in [0.5, 0.6) is 5.75 Å². The molecule has 16 heavy (non-hydrogen) atoms. The molecule has 1 aliphatic carbocycles. The molecule has 0 radical (unpaired) electrons. The van der Waals surface area contributed by atoms with E-state index in [1.54, 1.807) is 14.2 Å². The minimum Gasteiger partial charge on any atom is -0.497 e. The molecule has 1 saturated carbocycles. The Morgan fingerprint density at radius 2 is 2.00 bits per heavy atom. The predicted octanol–water partition coefficient (Wildman–Crippen LogP) is 3.05. The molecular formula is C12H16BrNO2. The summed E-state index contributed by atoms with van der Waals surface area (Å²) in [5, 5.41) is 3.47. The molecule has 0 unspecified atom stereocenters. The molecule has 1 fully saturated rings. The van der Waals surface area contributed by atoms with Crippen molar-refractivity contribution in [2.75, 3.05) is 19.5 Å². The standard InChI is InChI=1S/C12H16BrNO2/c1-15-11-4-8(13)3-9(5-11)14-10-6-12(7-10)16-2/h3-5,10,12,14H,6-7H2,1-2H3. The highest BCUT2D eigenvalue weighted by Gasteiger charge is 2.28. The molecule has 1 aliphatic rings. The fraction of sp³-hybridized carbons (Fsp3) is 0.500. The van der Waals surface area contributed by atoms with Gasteiger partial charge in [0.15, 0.2) is 0 Å². The van der Waals surface area contributed by atoms with Crippen LogP contribution >= 0.6 is 15.9 Å². The fourth-order valence-electron chi connectivity index (χ4n) is 1.88. The molecule has 4 heteroatoms. The molecule has 0 atom stereocenters. The molecule has 0 aromatic heterocycles. The van der Waals surface area contributed by atoms with Crippen LogP contribution in [0.3, 0.4) is 0 Å². The Bertz CT molecular complexity index is 364. The highest BCUT2D eigenvalue weighted by Crippen LogP contribution is 2.29. The SMILES string of the molecule is COc1cc(Br)cc(NC2CC(OC)C2)c1. The number of halogens is 1. The van der Waals surface area contributed by atoms with E-state index in [-0.39, 0.29) is 0 Å². The molecule has 3 nitrogen and oxygen atoms in total. The fourth-order valence-corrected chi connectivity index (χ4v) is 2.35. The van der Waals surface area contributed by atoms with E-state index in [9.17, 15) is 0 Å². The predicted molar refractivity (Wildman–Crippen MR) is 68.1 cm³/mol. The Labute approximate surface area is 104 Å². The third-order valence-electron chi connectivity index (χ3n) is 2.91. The van der Waals surface area contributed by atoms with Gasteiger partial charge in [-0.25, -0.2) is 0 Å². The molecule has 2 rings (SSSR count). The van der Waals surface area contributed by atoms with Gasteiger partial charge in [0.2, 0.25) is 0 Å². The lowest BCUT2D eigenvalue weighted by molar-refractivity contribution is 0.0329. The largest absolute Gasteiger partial charge is 0.497 e. The topological polar surface area (TPSA) is 30.5 Å². The van der Waals surface area contributed by atoms with Crippen LogP contribution in [-0.4, -0.2) is 26.4 Å². The van der Waals surface area contributed by atoms with Crippen molar-refractivity contribution in [2.24, 2.45) is 0 Å². The van der Waals surface area contributed by atoms with Gasteiger partial charge in [-0.15, -0.1) is 0 Å². The molecule has 0 bridgehead atoms. The van der Waals surface area contributed by atoms with Gasteiger partial charge in [-0.1, -0.05) is 15.9 Å². The van der Waals surface area contributed by atoms with Crippen LogP contribution in [0, 0.1) is 0 Å². The summed E-state index contributed by atoms with van der Waals surface area (Å²) in [5.74, 6) is 0.861. The van der Waals surface area contributed by atoms with E-state index < -0.39 is 0 Å². The van der Waals surface area contributed by atoms with Crippen molar-refractivity contribution in [2.45, 2.75) is 25.0 Å². The van der Waals surface area contributed by atoms with Gasteiger partial charge in [-0.3, -0.25) is 0 Å². The van der Waals surface area contributed by atoms with Gasteiger partial charge < -0.3 is 14.8 Å². The second-order valence-corrected chi connectivity index (χ2v) is 4.97. The molecule has 0 aliphatic heterocycles. The first-order valence-corrected chi connectivity index (χ1v) is 6.14. The first-order valence-electron chi connectivity index (χ1n) is 5.35. The zero-order chi connectivity index (χ0) is 11.5. The van der Waals surface area contributed by atoms with Gasteiger partial charge in [0.1, 0.15) is 5.75 Å². The number of anilines is 1. The highest BCUT2D eigenvalue weighted by molar-refractivity contribution is 9.10. The van der Waals surface area contributed by atoms with Crippen molar-refractivity contribution >= 4 is 21.6 Å². The lowest BCUT2D eigenvalue weighted by atomic mass is 9.89. The molecule has 0 saturated heterocycles. The zero-order valence-corrected chi connectivity index (χ0v) is 11.1. The maximum atomic E-state index is 5.25. The highest BCUT2D eigenvalue weighted by atomic mass is 79.9. The molecular weight excluding hydrogens is 270 g/mol. The first kappa shape index (κ1) is 11.7. The Morgan fingerprint density at radius 3 is 2.62 bits per heavy atom. The summed E-state index contributed by atoms with van der Waals surface area (Å²) in [5.41, 5.74) is 1.09. The number of benzene rings is 1. The summed E-state index contributed by atoms with van der Waals surface area (Å²) < 4.78 is 11.5. The molecule has 1 N–H and O–H groups in total. The first-order chi connectivity index (χ1) is 7.71. The Balaban J connectivity index is 1.97. The van der Waals surface area contributed by atoms with Gasteiger partial charge in [-0.05, 0) is 25.0 Å².